The predicted molar refractivity (Wildman–Crippen MR) is 74.7 cm³/mol. The van der Waals surface area contributed by atoms with Crippen molar-refractivity contribution < 1.29 is 9.47 Å². The van der Waals surface area contributed by atoms with Crippen LogP contribution >= 0.6 is 0 Å². The zero-order valence-electron chi connectivity index (χ0n) is 11.3. The molecule has 1 heterocycles. The molecule has 5 nitrogen and oxygen atoms in total. The molecule has 0 aliphatic carbocycles. The molecule has 1 aromatic heterocycles. The van der Waals surface area contributed by atoms with Gasteiger partial charge in [-0.25, -0.2) is 9.97 Å². The Bertz CT molecular complexity index is 541. The van der Waals surface area contributed by atoms with E-state index >= 15 is 0 Å². The van der Waals surface area contributed by atoms with Crippen molar-refractivity contribution in [2.45, 2.75) is 6.92 Å². The molecule has 0 aliphatic heterocycles. The molecule has 2 aromatic rings. The first-order chi connectivity index (χ1) is 9.28. The maximum Gasteiger partial charge on any atom is 0.222 e. The first-order valence-corrected chi connectivity index (χ1v) is 6.06. The minimum absolute atomic E-state index is 0.631. The van der Waals surface area contributed by atoms with Gasteiger partial charge in [0, 0.05) is 24.5 Å². The lowest BCUT2D eigenvalue weighted by molar-refractivity contribution is 0.355. The van der Waals surface area contributed by atoms with Crippen LogP contribution in [0.3, 0.4) is 0 Å². The monoisotopic (exact) mass is 259 g/mol. The molecule has 5 heteroatoms. The predicted octanol–water partition coefficient (Wildman–Crippen LogP) is 2.59. The highest BCUT2D eigenvalue weighted by atomic mass is 16.5. The van der Waals surface area contributed by atoms with E-state index in [1.165, 1.54) is 0 Å². The highest BCUT2D eigenvalue weighted by Crippen LogP contribution is 2.31. The maximum absolute atomic E-state index is 5.28. The fraction of sp³-hybridized carbons (Fsp3) is 0.286. The molecule has 0 saturated heterocycles. The van der Waals surface area contributed by atoms with Crippen LogP contribution in [0.25, 0.3) is 11.1 Å². The van der Waals surface area contributed by atoms with Gasteiger partial charge in [0.1, 0.15) is 0 Å². The molecule has 100 valence electrons. The zero-order chi connectivity index (χ0) is 13.7. The van der Waals surface area contributed by atoms with Gasteiger partial charge in [-0.15, -0.1) is 0 Å². The second kappa shape index (κ2) is 6.04. The molecule has 1 N–H and O–H groups in total. The van der Waals surface area contributed by atoms with Gasteiger partial charge < -0.3 is 14.8 Å². The number of anilines is 1. The fourth-order valence-electron chi connectivity index (χ4n) is 1.74. The topological polar surface area (TPSA) is 56.3 Å². The molecule has 0 saturated carbocycles. The fourth-order valence-corrected chi connectivity index (χ4v) is 1.74. The Balaban J connectivity index is 2.30. The summed E-state index contributed by atoms with van der Waals surface area (Å²) in [5.74, 6) is 2.03. The molecule has 19 heavy (non-hydrogen) atoms. The number of benzene rings is 1. The summed E-state index contributed by atoms with van der Waals surface area (Å²) in [5, 5.41) is 3.06. The lowest BCUT2D eigenvalue weighted by atomic mass is 10.1. The summed E-state index contributed by atoms with van der Waals surface area (Å²) in [5.41, 5.74) is 1.92. The molecule has 0 unspecified atom stereocenters. The molecule has 0 aliphatic rings. The number of hydrogen-bond donors (Lipinski definition) is 1. The van der Waals surface area contributed by atoms with E-state index < -0.39 is 0 Å². The smallest absolute Gasteiger partial charge is 0.222 e. The van der Waals surface area contributed by atoms with E-state index in [-0.39, 0.29) is 0 Å². The lowest BCUT2D eigenvalue weighted by Gasteiger charge is -2.09. The van der Waals surface area contributed by atoms with Crippen molar-refractivity contribution in [3.8, 4) is 22.6 Å². The summed E-state index contributed by atoms with van der Waals surface area (Å²) in [6.07, 6.45) is 3.57. The van der Waals surface area contributed by atoms with Gasteiger partial charge in [0.05, 0.1) is 14.2 Å². The molecule has 1 aromatic carbocycles. The van der Waals surface area contributed by atoms with Crippen LogP contribution in [0, 0.1) is 0 Å². The van der Waals surface area contributed by atoms with E-state index in [4.69, 9.17) is 9.47 Å². The van der Waals surface area contributed by atoms with E-state index in [1.54, 1.807) is 26.6 Å². The second-order valence-electron chi connectivity index (χ2n) is 3.90. The Morgan fingerprint density at radius 1 is 1.00 bits per heavy atom. The number of methoxy groups -OCH3 is 2. The Morgan fingerprint density at radius 2 is 1.68 bits per heavy atom. The zero-order valence-corrected chi connectivity index (χ0v) is 11.3. The van der Waals surface area contributed by atoms with Crippen LogP contribution in [0.2, 0.25) is 0 Å². The maximum atomic E-state index is 5.28. The highest BCUT2D eigenvalue weighted by molar-refractivity contribution is 5.66. The second-order valence-corrected chi connectivity index (χ2v) is 3.90. The van der Waals surface area contributed by atoms with Crippen molar-refractivity contribution in [3.63, 3.8) is 0 Å². The largest absolute Gasteiger partial charge is 0.493 e. The van der Waals surface area contributed by atoms with Crippen LogP contribution in [0.5, 0.6) is 11.5 Å². The van der Waals surface area contributed by atoms with Crippen molar-refractivity contribution in [2.24, 2.45) is 0 Å². The summed E-state index contributed by atoms with van der Waals surface area (Å²) in [4.78, 5) is 8.50. The van der Waals surface area contributed by atoms with Crippen LogP contribution in [0.15, 0.2) is 30.6 Å². The quantitative estimate of drug-likeness (QED) is 0.894. The van der Waals surface area contributed by atoms with Gasteiger partial charge in [0.15, 0.2) is 11.5 Å². The summed E-state index contributed by atoms with van der Waals surface area (Å²) < 4.78 is 10.5. The molecule has 0 spiro atoms. The minimum Gasteiger partial charge on any atom is -0.493 e. The number of nitrogens with zero attached hydrogens (tertiary/aromatic N) is 2. The number of aromatic nitrogens is 2. The van der Waals surface area contributed by atoms with Crippen molar-refractivity contribution in [1.29, 1.82) is 0 Å². The van der Waals surface area contributed by atoms with Crippen LogP contribution < -0.4 is 14.8 Å². The first-order valence-electron chi connectivity index (χ1n) is 6.06. The number of nitrogens with one attached hydrogen (secondary N) is 1. The van der Waals surface area contributed by atoms with Crippen molar-refractivity contribution in [3.05, 3.63) is 30.6 Å². The molecule has 0 amide bonds. The van der Waals surface area contributed by atoms with Crippen LogP contribution in [-0.4, -0.2) is 30.7 Å². The Labute approximate surface area is 112 Å². The van der Waals surface area contributed by atoms with Crippen LogP contribution in [0.4, 0.5) is 5.95 Å². The van der Waals surface area contributed by atoms with Crippen molar-refractivity contribution >= 4 is 5.95 Å². The van der Waals surface area contributed by atoms with Gasteiger partial charge >= 0.3 is 0 Å². The summed E-state index contributed by atoms with van der Waals surface area (Å²) in [6, 6.07) is 5.73. The summed E-state index contributed by atoms with van der Waals surface area (Å²) in [7, 11) is 3.23. The van der Waals surface area contributed by atoms with Crippen molar-refractivity contribution in [1.82, 2.24) is 9.97 Å². The van der Waals surface area contributed by atoms with Crippen LogP contribution in [-0.2, 0) is 0 Å². The van der Waals surface area contributed by atoms with E-state index in [1.807, 2.05) is 25.1 Å². The Morgan fingerprint density at radius 3 is 2.26 bits per heavy atom. The van der Waals surface area contributed by atoms with E-state index in [0.717, 1.165) is 17.7 Å². The molecule has 0 radical (unpaired) electrons. The van der Waals surface area contributed by atoms with Gasteiger partial charge in [-0.05, 0) is 24.6 Å². The summed E-state index contributed by atoms with van der Waals surface area (Å²) in [6.45, 7) is 2.81. The first kappa shape index (κ1) is 13.1. The lowest BCUT2D eigenvalue weighted by Crippen LogP contribution is -2.01. The van der Waals surface area contributed by atoms with Gasteiger partial charge in [-0.2, -0.15) is 0 Å². The number of rotatable bonds is 5. The highest BCUT2D eigenvalue weighted by Gasteiger charge is 2.06. The molecular formula is C14H17N3O2. The van der Waals surface area contributed by atoms with Gasteiger partial charge in [-0.1, -0.05) is 6.07 Å². The Kier molecular flexibility index (Phi) is 4.18. The molecule has 0 atom stereocenters. The van der Waals surface area contributed by atoms with E-state index in [0.29, 0.717) is 17.4 Å². The number of ether oxygens (including phenoxy) is 2. The molecule has 0 fully saturated rings. The molecular weight excluding hydrogens is 242 g/mol. The van der Waals surface area contributed by atoms with E-state index in [2.05, 4.69) is 15.3 Å². The normalized spacial score (nSPS) is 10.1. The third-order valence-electron chi connectivity index (χ3n) is 2.70. The van der Waals surface area contributed by atoms with Gasteiger partial charge in [0.25, 0.3) is 0 Å². The van der Waals surface area contributed by atoms with Gasteiger partial charge in [0.2, 0.25) is 5.95 Å². The van der Waals surface area contributed by atoms with Gasteiger partial charge in [-0.3, -0.25) is 0 Å². The third kappa shape index (κ3) is 2.93. The average Bonchev–Trinajstić information content (AvgIpc) is 2.47. The standard InChI is InChI=1S/C14H17N3O2/c1-4-15-14-16-8-11(9-17-14)10-5-6-12(18-2)13(7-10)19-3/h5-9H,4H2,1-3H3,(H,15,16,17). The molecule has 2 rings (SSSR count). The molecule has 0 bridgehead atoms. The van der Waals surface area contributed by atoms with E-state index in [9.17, 15) is 0 Å². The average molecular weight is 259 g/mol. The SMILES string of the molecule is CCNc1ncc(-c2ccc(OC)c(OC)c2)cn1. The minimum atomic E-state index is 0.631. The third-order valence-corrected chi connectivity index (χ3v) is 2.70. The van der Waals surface area contributed by atoms with Crippen molar-refractivity contribution in [2.75, 3.05) is 26.1 Å². The summed E-state index contributed by atoms with van der Waals surface area (Å²) >= 11 is 0. The Hall–Kier alpha value is -2.30. The number of hydrogen-bond acceptors (Lipinski definition) is 5. The van der Waals surface area contributed by atoms with Crippen LogP contribution in [0.1, 0.15) is 6.92 Å².